The molecule has 0 aromatic heterocycles. The highest BCUT2D eigenvalue weighted by molar-refractivity contribution is 7.99. The molecule has 2 fully saturated rings. The predicted molar refractivity (Wildman–Crippen MR) is 100 cm³/mol. The number of carbonyl (C=O) groups excluding carboxylic acids is 2. The minimum atomic E-state index is -0.310. The van der Waals surface area contributed by atoms with Crippen LogP contribution in [0, 0.1) is 0 Å². The van der Waals surface area contributed by atoms with Crippen LogP contribution in [0.15, 0.2) is 0 Å². The Labute approximate surface area is 155 Å². The Balaban J connectivity index is 1.38. The summed E-state index contributed by atoms with van der Waals surface area (Å²) in [5.41, 5.74) is 0. The number of alkyl carbamates (subject to hydrolysis) is 2. The monoisotopic (exact) mass is 372 g/mol. The third-order valence-electron chi connectivity index (χ3n) is 4.78. The average molecular weight is 373 g/mol. The zero-order chi connectivity index (χ0) is 17.7. The Morgan fingerprint density at radius 3 is 1.52 bits per heavy atom. The number of rotatable bonds is 8. The lowest BCUT2D eigenvalue weighted by Gasteiger charge is -2.22. The Bertz CT molecular complexity index is 361. The molecular weight excluding hydrogens is 340 g/mol. The Morgan fingerprint density at radius 2 is 1.12 bits per heavy atom. The summed E-state index contributed by atoms with van der Waals surface area (Å²) in [7, 11) is 0. The van der Waals surface area contributed by atoms with Gasteiger partial charge in [0.05, 0.1) is 0 Å². The molecule has 7 heteroatoms. The number of hydrogen-bond donors (Lipinski definition) is 2. The summed E-state index contributed by atoms with van der Waals surface area (Å²) in [5.74, 6) is 1.43. The SMILES string of the molecule is O=C(NC1CCCCC1)OCCSCCOC(=O)NC1CCCCC1. The van der Waals surface area contributed by atoms with Crippen molar-refractivity contribution >= 4 is 23.9 Å². The largest absolute Gasteiger partial charge is 0.449 e. The van der Waals surface area contributed by atoms with Crippen LogP contribution in [0.25, 0.3) is 0 Å². The van der Waals surface area contributed by atoms with Gasteiger partial charge >= 0.3 is 12.2 Å². The summed E-state index contributed by atoms with van der Waals surface area (Å²) in [6, 6.07) is 0.565. The summed E-state index contributed by atoms with van der Waals surface area (Å²) in [4.78, 5) is 23.3. The van der Waals surface area contributed by atoms with Crippen LogP contribution < -0.4 is 10.6 Å². The first-order valence-electron chi connectivity index (χ1n) is 9.68. The second-order valence-electron chi connectivity index (χ2n) is 6.84. The fourth-order valence-corrected chi connectivity index (χ4v) is 4.01. The molecule has 2 aliphatic rings. The Kier molecular flexibility index (Phi) is 9.92. The third-order valence-corrected chi connectivity index (χ3v) is 5.69. The number of ether oxygens (including phenoxy) is 2. The lowest BCUT2D eigenvalue weighted by Crippen LogP contribution is -2.37. The molecule has 25 heavy (non-hydrogen) atoms. The summed E-state index contributed by atoms with van der Waals surface area (Å²) in [6.45, 7) is 0.773. The number of thioether (sulfide) groups is 1. The van der Waals surface area contributed by atoms with Gasteiger partial charge in [0.15, 0.2) is 0 Å². The van der Waals surface area contributed by atoms with Crippen molar-refractivity contribution in [3.63, 3.8) is 0 Å². The van der Waals surface area contributed by atoms with E-state index in [2.05, 4.69) is 10.6 Å². The number of amides is 2. The lowest BCUT2D eigenvalue weighted by atomic mass is 9.96. The van der Waals surface area contributed by atoms with Crippen molar-refractivity contribution < 1.29 is 19.1 Å². The van der Waals surface area contributed by atoms with Crippen LogP contribution >= 0.6 is 11.8 Å². The van der Waals surface area contributed by atoms with Crippen molar-refractivity contribution in [2.45, 2.75) is 76.3 Å². The van der Waals surface area contributed by atoms with Crippen LogP contribution in [0.1, 0.15) is 64.2 Å². The van der Waals surface area contributed by atoms with Gasteiger partial charge in [-0.3, -0.25) is 0 Å². The average Bonchev–Trinajstić information content (AvgIpc) is 2.62. The van der Waals surface area contributed by atoms with E-state index in [1.165, 1.54) is 38.5 Å². The first-order valence-corrected chi connectivity index (χ1v) is 10.8. The van der Waals surface area contributed by atoms with Crippen molar-refractivity contribution in [2.24, 2.45) is 0 Å². The smallest absolute Gasteiger partial charge is 0.407 e. The van der Waals surface area contributed by atoms with Gasteiger partial charge in [-0.1, -0.05) is 38.5 Å². The molecule has 0 aromatic rings. The molecule has 2 saturated carbocycles. The molecule has 6 nitrogen and oxygen atoms in total. The van der Waals surface area contributed by atoms with Crippen LogP contribution in [0.3, 0.4) is 0 Å². The minimum absolute atomic E-state index is 0.282. The van der Waals surface area contributed by atoms with Crippen LogP contribution in [0.5, 0.6) is 0 Å². The van der Waals surface area contributed by atoms with E-state index >= 15 is 0 Å². The molecule has 0 atom stereocenters. The molecule has 0 aliphatic heterocycles. The minimum Gasteiger partial charge on any atom is -0.449 e. The Hall–Kier alpha value is -1.11. The zero-order valence-electron chi connectivity index (χ0n) is 15.1. The van der Waals surface area contributed by atoms with Gasteiger partial charge in [0.1, 0.15) is 13.2 Å². The first-order chi connectivity index (χ1) is 12.2. The molecular formula is C18H32N2O4S. The second kappa shape index (κ2) is 12.3. The summed E-state index contributed by atoms with van der Waals surface area (Å²) < 4.78 is 10.4. The van der Waals surface area contributed by atoms with Gasteiger partial charge in [0.25, 0.3) is 0 Å². The van der Waals surface area contributed by atoms with Crippen LogP contribution in [0.2, 0.25) is 0 Å². The van der Waals surface area contributed by atoms with Crippen LogP contribution in [-0.2, 0) is 9.47 Å². The standard InChI is InChI=1S/C18H32N2O4S/c21-17(19-15-7-3-1-4-8-15)23-11-13-25-14-12-24-18(22)20-16-9-5-2-6-10-16/h15-16H,1-14H2,(H,19,21)(H,20,22). The van der Waals surface area contributed by atoms with Gasteiger partial charge in [-0.05, 0) is 25.7 Å². The maximum absolute atomic E-state index is 11.7. The molecule has 0 saturated heterocycles. The molecule has 0 bridgehead atoms. The number of nitrogens with one attached hydrogen (secondary N) is 2. The highest BCUT2D eigenvalue weighted by atomic mass is 32.2. The fraction of sp³-hybridized carbons (Fsp3) is 0.889. The van der Waals surface area contributed by atoms with E-state index in [1.807, 2.05) is 0 Å². The molecule has 0 heterocycles. The molecule has 0 spiro atoms. The van der Waals surface area contributed by atoms with Crippen LogP contribution in [0.4, 0.5) is 9.59 Å². The van der Waals surface area contributed by atoms with Gasteiger partial charge in [-0.2, -0.15) is 11.8 Å². The van der Waals surface area contributed by atoms with E-state index in [0.29, 0.717) is 24.7 Å². The van der Waals surface area contributed by atoms with Gasteiger partial charge < -0.3 is 20.1 Å². The third kappa shape index (κ3) is 9.23. The van der Waals surface area contributed by atoms with Crippen LogP contribution in [-0.4, -0.2) is 49.0 Å². The van der Waals surface area contributed by atoms with Crippen molar-refractivity contribution in [1.82, 2.24) is 10.6 Å². The van der Waals surface area contributed by atoms with E-state index < -0.39 is 0 Å². The van der Waals surface area contributed by atoms with Gasteiger partial charge in [0, 0.05) is 23.6 Å². The fourth-order valence-electron chi connectivity index (χ4n) is 3.40. The van der Waals surface area contributed by atoms with E-state index in [4.69, 9.17) is 9.47 Å². The highest BCUT2D eigenvalue weighted by Gasteiger charge is 2.17. The van der Waals surface area contributed by atoms with Crippen molar-refractivity contribution in [3.8, 4) is 0 Å². The molecule has 2 N–H and O–H groups in total. The second-order valence-corrected chi connectivity index (χ2v) is 8.07. The maximum atomic E-state index is 11.7. The topological polar surface area (TPSA) is 76.7 Å². The molecule has 0 radical (unpaired) electrons. The van der Waals surface area contributed by atoms with Gasteiger partial charge in [-0.25, -0.2) is 9.59 Å². The maximum Gasteiger partial charge on any atom is 0.407 e. The molecule has 2 aliphatic carbocycles. The summed E-state index contributed by atoms with van der Waals surface area (Å²) >= 11 is 1.62. The predicted octanol–water partition coefficient (Wildman–Crippen LogP) is 3.84. The molecule has 144 valence electrons. The zero-order valence-corrected chi connectivity index (χ0v) is 15.9. The van der Waals surface area contributed by atoms with Crippen molar-refractivity contribution in [1.29, 1.82) is 0 Å². The molecule has 2 rings (SSSR count). The van der Waals surface area contributed by atoms with Gasteiger partial charge in [-0.15, -0.1) is 0 Å². The molecule has 2 amide bonds. The Morgan fingerprint density at radius 1 is 0.720 bits per heavy atom. The van der Waals surface area contributed by atoms with E-state index in [-0.39, 0.29) is 24.3 Å². The summed E-state index contributed by atoms with van der Waals surface area (Å²) in [5, 5.41) is 5.85. The van der Waals surface area contributed by atoms with E-state index in [9.17, 15) is 9.59 Å². The van der Waals surface area contributed by atoms with Crippen molar-refractivity contribution in [2.75, 3.05) is 24.7 Å². The van der Waals surface area contributed by atoms with E-state index in [0.717, 1.165) is 25.7 Å². The van der Waals surface area contributed by atoms with E-state index in [1.54, 1.807) is 11.8 Å². The summed E-state index contributed by atoms with van der Waals surface area (Å²) in [6.07, 6.45) is 10.9. The lowest BCUT2D eigenvalue weighted by molar-refractivity contribution is 0.146. The quantitative estimate of drug-likeness (QED) is 0.633. The first kappa shape index (κ1) is 20.2. The highest BCUT2D eigenvalue weighted by Crippen LogP contribution is 2.18. The number of carbonyl (C=O) groups is 2. The van der Waals surface area contributed by atoms with Crippen molar-refractivity contribution in [3.05, 3.63) is 0 Å². The van der Waals surface area contributed by atoms with Gasteiger partial charge in [0.2, 0.25) is 0 Å². The number of hydrogen-bond acceptors (Lipinski definition) is 5. The molecule has 0 unspecified atom stereocenters. The molecule has 0 aromatic carbocycles. The normalized spacial score (nSPS) is 19.2.